The van der Waals surface area contributed by atoms with Gasteiger partial charge in [-0.1, -0.05) is 26.8 Å². The van der Waals surface area contributed by atoms with Gasteiger partial charge >= 0.3 is 5.97 Å². The minimum absolute atomic E-state index is 0.338. The van der Waals surface area contributed by atoms with Crippen molar-refractivity contribution in [2.45, 2.75) is 58.5 Å². The van der Waals surface area contributed by atoms with Gasteiger partial charge in [0.25, 0.3) is 0 Å². The first-order valence-electron chi connectivity index (χ1n) is 7.13. The summed E-state index contributed by atoms with van der Waals surface area (Å²) in [5, 5.41) is 22.5. The van der Waals surface area contributed by atoms with E-state index in [1.807, 2.05) is 6.92 Å². The molecular weight excluding hydrogens is 242 g/mol. The highest BCUT2D eigenvalue weighted by molar-refractivity contribution is 5.86. The van der Waals surface area contributed by atoms with Crippen LogP contribution >= 0.6 is 0 Å². The van der Waals surface area contributed by atoms with Crippen LogP contribution in [0.2, 0.25) is 0 Å². The molecule has 1 saturated carbocycles. The molecule has 0 bridgehead atoms. The van der Waals surface area contributed by atoms with Gasteiger partial charge in [0.2, 0.25) is 0 Å². The van der Waals surface area contributed by atoms with Crippen molar-refractivity contribution in [2.75, 3.05) is 13.1 Å². The minimum Gasteiger partial charge on any atom is -0.478 e. The Morgan fingerprint density at radius 2 is 1.84 bits per heavy atom. The van der Waals surface area contributed by atoms with Crippen molar-refractivity contribution in [1.29, 1.82) is 0 Å². The zero-order valence-electron chi connectivity index (χ0n) is 12.3. The van der Waals surface area contributed by atoms with E-state index in [4.69, 9.17) is 5.11 Å². The summed E-state index contributed by atoms with van der Waals surface area (Å²) in [5.41, 5.74) is 0.133. The first-order valence-corrected chi connectivity index (χ1v) is 7.13. The quantitative estimate of drug-likeness (QED) is 0.511. The maximum absolute atomic E-state index is 10.8. The van der Waals surface area contributed by atoms with E-state index in [-0.39, 0.29) is 0 Å². The molecule has 0 aromatic carbocycles. The standard InChI is InChI=1S/C15H27NO3/c1-4-12(13(17)18)5-10-16-11-15(19)8-6-14(2,3)7-9-15/h5,16,19H,4,6-11H2,1-3H3,(H,17,18). The molecule has 0 aromatic heterocycles. The second kappa shape index (κ2) is 6.53. The van der Waals surface area contributed by atoms with E-state index in [0.717, 1.165) is 25.7 Å². The third kappa shape index (κ3) is 5.33. The summed E-state index contributed by atoms with van der Waals surface area (Å²) in [6, 6.07) is 0. The highest BCUT2D eigenvalue weighted by Gasteiger charge is 2.36. The Balaban J connectivity index is 2.35. The molecule has 19 heavy (non-hydrogen) atoms. The lowest BCUT2D eigenvalue weighted by atomic mass is 9.71. The molecule has 0 spiro atoms. The Hall–Kier alpha value is -0.870. The zero-order chi connectivity index (χ0) is 14.5. The molecule has 110 valence electrons. The van der Waals surface area contributed by atoms with Crippen LogP contribution in [0.15, 0.2) is 11.6 Å². The molecule has 0 amide bonds. The van der Waals surface area contributed by atoms with E-state index in [1.165, 1.54) is 0 Å². The Bertz CT molecular complexity index is 337. The first-order chi connectivity index (χ1) is 8.78. The molecule has 0 saturated heterocycles. The van der Waals surface area contributed by atoms with Gasteiger partial charge in [-0.15, -0.1) is 0 Å². The highest BCUT2D eigenvalue weighted by atomic mass is 16.4. The van der Waals surface area contributed by atoms with Crippen LogP contribution in [0.1, 0.15) is 52.9 Å². The first kappa shape index (κ1) is 16.2. The number of aliphatic hydroxyl groups is 1. The average molecular weight is 269 g/mol. The summed E-state index contributed by atoms with van der Waals surface area (Å²) in [4.78, 5) is 10.8. The number of nitrogens with one attached hydrogen (secondary N) is 1. The van der Waals surface area contributed by atoms with Crippen LogP contribution in [-0.2, 0) is 4.79 Å². The molecule has 4 nitrogen and oxygen atoms in total. The van der Waals surface area contributed by atoms with Crippen LogP contribution in [0.5, 0.6) is 0 Å². The molecular formula is C15H27NO3. The Morgan fingerprint density at radius 1 is 1.26 bits per heavy atom. The molecule has 0 atom stereocenters. The maximum atomic E-state index is 10.8. The number of carboxylic acids is 1. The molecule has 0 radical (unpaired) electrons. The fourth-order valence-corrected chi connectivity index (χ4v) is 2.45. The summed E-state index contributed by atoms with van der Waals surface area (Å²) in [6.07, 6.45) is 5.92. The lowest BCUT2D eigenvalue weighted by Crippen LogP contribution is -2.45. The molecule has 1 fully saturated rings. The highest BCUT2D eigenvalue weighted by Crippen LogP contribution is 2.39. The van der Waals surface area contributed by atoms with Crippen molar-refractivity contribution < 1.29 is 15.0 Å². The van der Waals surface area contributed by atoms with Gasteiger partial charge < -0.3 is 15.5 Å². The maximum Gasteiger partial charge on any atom is 0.331 e. The predicted molar refractivity (Wildman–Crippen MR) is 76.1 cm³/mol. The van der Waals surface area contributed by atoms with Crippen LogP contribution in [0.25, 0.3) is 0 Å². The largest absolute Gasteiger partial charge is 0.478 e. The van der Waals surface area contributed by atoms with Crippen LogP contribution in [0.3, 0.4) is 0 Å². The van der Waals surface area contributed by atoms with Crippen molar-refractivity contribution in [3.63, 3.8) is 0 Å². The second-order valence-electron chi connectivity index (χ2n) is 6.41. The number of hydrogen-bond acceptors (Lipinski definition) is 3. The summed E-state index contributed by atoms with van der Waals surface area (Å²) >= 11 is 0. The van der Waals surface area contributed by atoms with Gasteiger partial charge in [0.15, 0.2) is 0 Å². The fraction of sp³-hybridized carbons (Fsp3) is 0.800. The Morgan fingerprint density at radius 3 is 2.32 bits per heavy atom. The average Bonchev–Trinajstić information content (AvgIpc) is 2.33. The predicted octanol–water partition coefficient (Wildman–Crippen LogP) is 2.33. The van der Waals surface area contributed by atoms with Crippen LogP contribution < -0.4 is 5.32 Å². The summed E-state index contributed by atoms with van der Waals surface area (Å²) in [5.74, 6) is -0.859. The SMILES string of the molecule is CCC(=CCNCC1(O)CCC(C)(C)CC1)C(=O)O. The molecule has 0 heterocycles. The molecule has 1 aliphatic carbocycles. The van der Waals surface area contributed by atoms with Gasteiger partial charge in [0.1, 0.15) is 0 Å². The summed E-state index contributed by atoms with van der Waals surface area (Å²) < 4.78 is 0. The van der Waals surface area contributed by atoms with E-state index < -0.39 is 11.6 Å². The summed E-state index contributed by atoms with van der Waals surface area (Å²) in [7, 11) is 0. The van der Waals surface area contributed by atoms with Crippen LogP contribution in [0, 0.1) is 5.41 Å². The van der Waals surface area contributed by atoms with E-state index in [0.29, 0.717) is 30.5 Å². The van der Waals surface area contributed by atoms with E-state index >= 15 is 0 Å². The molecule has 1 aliphatic rings. The van der Waals surface area contributed by atoms with E-state index in [1.54, 1.807) is 6.08 Å². The minimum atomic E-state index is -0.859. The second-order valence-corrected chi connectivity index (χ2v) is 6.41. The Kier molecular flexibility index (Phi) is 5.56. The normalized spacial score (nSPS) is 22.2. The lowest BCUT2D eigenvalue weighted by Gasteiger charge is -2.40. The molecule has 0 aromatic rings. The van der Waals surface area contributed by atoms with Crippen molar-refractivity contribution in [2.24, 2.45) is 5.41 Å². The van der Waals surface area contributed by atoms with Crippen LogP contribution in [0.4, 0.5) is 0 Å². The third-order valence-corrected chi connectivity index (χ3v) is 4.14. The van der Waals surface area contributed by atoms with Gasteiger partial charge in [-0.25, -0.2) is 4.79 Å². The van der Waals surface area contributed by atoms with Gasteiger partial charge in [-0.2, -0.15) is 0 Å². The number of carboxylic acid groups (broad SMARTS) is 1. The molecule has 4 heteroatoms. The summed E-state index contributed by atoms with van der Waals surface area (Å²) in [6.45, 7) is 7.35. The molecule has 3 N–H and O–H groups in total. The van der Waals surface area contributed by atoms with Gasteiger partial charge in [-0.05, 0) is 37.5 Å². The van der Waals surface area contributed by atoms with Crippen LogP contribution in [-0.4, -0.2) is 34.9 Å². The molecule has 0 aliphatic heterocycles. The van der Waals surface area contributed by atoms with Crippen molar-refractivity contribution in [1.82, 2.24) is 5.32 Å². The third-order valence-electron chi connectivity index (χ3n) is 4.14. The van der Waals surface area contributed by atoms with E-state index in [2.05, 4.69) is 19.2 Å². The topological polar surface area (TPSA) is 69.6 Å². The fourth-order valence-electron chi connectivity index (χ4n) is 2.45. The van der Waals surface area contributed by atoms with Gasteiger partial charge in [0.05, 0.1) is 5.60 Å². The molecule has 1 rings (SSSR count). The molecule has 0 unspecified atom stereocenters. The lowest BCUT2D eigenvalue weighted by molar-refractivity contribution is -0.132. The number of carbonyl (C=O) groups is 1. The van der Waals surface area contributed by atoms with Gasteiger partial charge in [-0.3, -0.25) is 0 Å². The van der Waals surface area contributed by atoms with Crippen molar-refractivity contribution in [3.05, 3.63) is 11.6 Å². The van der Waals surface area contributed by atoms with Crippen molar-refractivity contribution >= 4 is 5.97 Å². The smallest absolute Gasteiger partial charge is 0.331 e. The number of hydrogen-bond donors (Lipinski definition) is 3. The zero-order valence-corrected chi connectivity index (χ0v) is 12.3. The van der Waals surface area contributed by atoms with Gasteiger partial charge in [0, 0.05) is 18.7 Å². The number of aliphatic carboxylic acids is 1. The van der Waals surface area contributed by atoms with Crippen molar-refractivity contribution in [3.8, 4) is 0 Å². The number of rotatable bonds is 6. The Labute approximate surface area is 115 Å². The monoisotopic (exact) mass is 269 g/mol. The van der Waals surface area contributed by atoms with E-state index in [9.17, 15) is 9.90 Å².